The van der Waals surface area contributed by atoms with Gasteiger partial charge in [0.1, 0.15) is 12.7 Å². The summed E-state index contributed by atoms with van der Waals surface area (Å²) in [6, 6.07) is 34.7. The molecule has 0 aliphatic heterocycles. The summed E-state index contributed by atoms with van der Waals surface area (Å²) in [5.74, 6) is 3.66. The molecule has 0 N–H and O–H groups in total. The van der Waals surface area contributed by atoms with Crippen molar-refractivity contribution >= 4 is 21.8 Å². The van der Waals surface area contributed by atoms with Crippen LogP contribution in [0.1, 0.15) is 61.1 Å². The molecule has 0 amide bonds. The van der Waals surface area contributed by atoms with E-state index in [2.05, 4.69) is 129 Å². The van der Waals surface area contributed by atoms with Crippen LogP contribution in [0.4, 0.5) is 0 Å². The van der Waals surface area contributed by atoms with Gasteiger partial charge in [0.2, 0.25) is 5.95 Å². The molecule has 4 heterocycles. The standard InChI is InChI=1S/C49H44N6O2.2Pd/c1-29(2)17-41-33(7)21-35(43-19-31(5)13-15-51-43)23-47(41)56-37-9-11-39-40-12-10-38(26-46(40)55(45(39)25-37)49-53-27-50-28-54-49)57-48-24-36(44-20-32(6)14-16-52-44)22-34(8)42(48)18-30(3)4;;/h9-16,19-22,27-30H,17-18H2,1-8H3;;/q-4;2*+2. The molecule has 0 aliphatic carbocycles. The van der Waals surface area contributed by atoms with Crippen LogP contribution in [0.25, 0.3) is 50.3 Å². The van der Waals surface area contributed by atoms with Crippen molar-refractivity contribution in [3.05, 3.63) is 143 Å². The van der Waals surface area contributed by atoms with Gasteiger partial charge in [0, 0.05) is 35.4 Å². The van der Waals surface area contributed by atoms with Gasteiger partial charge in [-0.3, -0.25) is 0 Å². The second kappa shape index (κ2) is 18.5. The summed E-state index contributed by atoms with van der Waals surface area (Å²) < 4.78 is 15.4. The minimum Gasteiger partial charge on any atom is -0.503 e. The predicted octanol–water partition coefficient (Wildman–Crippen LogP) is 11.5. The Kier molecular flexibility index (Phi) is 13.6. The SMILES string of the molecule is Cc1ccnc(-c2[c-]c(Oc3[c-]c4c(cc3)c3ccc(Oc5[c-]c(-c6cc(C)ccn6)cc(C)c5CC(C)C)[c-]c3n4-c3ncncn3)c(CC(C)C)c(C)c2)c1.[Pd+2].[Pd+2]. The number of aryl methyl sites for hydroxylation is 4. The van der Waals surface area contributed by atoms with E-state index in [0.29, 0.717) is 40.8 Å². The van der Waals surface area contributed by atoms with Crippen LogP contribution in [-0.4, -0.2) is 29.5 Å². The normalized spacial score (nSPS) is 11.2. The molecule has 0 saturated carbocycles. The Labute approximate surface area is 374 Å². The summed E-state index contributed by atoms with van der Waals surface area (Å²) >= 11 is 0. The number of nitrogens with zero attached hydrogens (tertiary/aromatic N) is 6. The average Bonchev–Trinajstić information content (AvgIpc) is 3.50. The van der Waals surface area contributed by atoms with E-state index in [9.17, 15) is 0 Å². The van der Waals surface area contributed by atoms with E-state index in [0.717, 1.165) is 90.5 Å². The molecule has 0 fully saturated rings. The van der Waals surface area contributed by atoms with Gasteiger partial charge in [-0.25, -0.2) is 15.0 Å². The summed E-state index contributed by atoms with van der Waals surface area (Å²) in [6.07, 6.45) is 8.31. The molecule has 0 spiro atoms. The first-order valence-electron chi connectivity index (χ1n) is 19.4. The van der Waals surface area contributed by atoms with Gasteiger partial charge in [-0.05, 0) is 37.4 Å². The van der Waals surface area contributed by atoms with Gasteiger partial charge in [0.25, 0.3) is 0 Å². The van der Waals surface area contributed by atoms with Crippen LogP contribution in [0.15, 0.2) is 85.7 Å². The Balaban J connectivity index is 0.00000293. The smallest absolute Gasteiger partial charge is 0.503 e. The zero-order valence-corrected chi connectivity index (χ0v) is 37.4. The van der Waals surface area contributed by atoms with Crippen molar-refractivity contribution in [3.8, 4) is 51.5 Å². The number of hydrogen-bond donors (Lipinski definition) is 0. The minimum atomic E-state index is 0. The third kappa shape index (κ3) is 9.38. The van der Waals surface area contributed by atoms with Crippen molar-refractivity contribution in [2.45, 2.75) is 68.2 Å². The fourth-order valence-corrected chi connectivity index (χ4v) is 7.29. The molecular weight excluding hydrogens is 917 g/mol. The number of hydrogen-bond acceptors (Lipinski definition) is 7. The van der Waals surface area contributed by atoms with E-state index in [1.165, 1.54) is 12.7 Å². The Morgan fingerprint density at radius 1 is 0.559 bits per heavy atom. The van der Waals surface area contributed by atoms with Gasteiger partial charge < -0.3 is 24.0 Å². The molecule has 302 valence electrons. The third-order valence-electron chi connectivity index (χ3n) is 9.96. The number of rotatable bonds is 11. The molecule has 0 radical (unpaired) electrons. The second-order valence-electron chi connectivity index (χ2n) is 15.6. The minimum absolute atomic E-state index is 0. The average molecular weight is 962 g/mol. The molecule has 10 heteroatoms. The molecule has 0 aliphatic rings. The van der Waals surface area contributed by atoms with Gasteiger partial charge in [-0.15, -0.1) is 58.7 Å². The maximum Gasteiger partial charge on any atom is 2.00 e. The molecular formula is C49H44N6O2Pd2. The topological polar surface area (TPSA) is 87.8 Å². The van der Waals surface area contributed by atoms with Crippen LogP contribution in [-0.2, 0) is 53.7 Å². The molecule has 8 aromatic rings. The number of fused-ring (bicyclic) bond motifs is 3. The van der Waals surface area contributed by atoms with Gasteiger partial charge in [0.05, 0.1) is 0 Å². The largest absolute Gasteiger partial charge is 2.00 e. The predicted molar refractivity (Wildman–Crippen MR) is 225 cm³/mol. The fraction of sp³-hybridized carbons (Fsp3) is 0.245. The summed E-state index contributed by atoms with van der Waals surface area (Å²) in [5, 5.41) is 1.88. The zero-order chi connectivity index (χ0) is 39.8. The van der Waals surface area contributed by atoms with Crippen LogP contribution >= 0.6 is 0 Å². The van der Waals surface area contributed by atoms with E-state index in [1.807, 2.05) is 53.4 Å². The van der Waals surface area contributed by atoms with Gasteiger partial charge in [0.15, 0.2) is 0 Å². The van der Waals surface area contributed by atoms with E-state index < -0.39 is 0 Å². The summed E-state index contributed by atoms with van der Waals surface area (Å²) in [7, 11) is 0. The maximum atomic E-state index is 6.74. The molecule has 4 aromatic carbocycles. The van der Waals surface area contributed by atoms with Crippen molar-refractivity contribution in [1.29, 1.82) is 0 Å². The molecule has 8 rings (SSSR count). The Morgan fingerprint density at radius 3 is 1.41 bits per heavy atom. The second-order valence-corrected chi connectivity index (χ2v) is 15.6. The summed E-state index contributed by atoms with van der Waals surface area (Å²) in [6.45, 7) is 17.2. The van der Waals surface area contributed by atoms with E-state index >= 15 is 0 Å². The van der Waals surface area contributed by atoms with Crippen molar-refractivity contribution in [2.75, 3.05) is 0 Å². The Bertz CT molecular complexity index is 2600. The van der Waals surface area contributed by atoms with Crippen LogP contribution in [0, 0.1) is 63.8 Å². The molecule has 0 unspecified atom stereocenters. The molecule has 59 heavy (non-hydrogen) atoms. The molecule has 8 nitrogen and oxygen atoms in total. The molecule has 0 saturated heterocycles. The number of aromatic nitrogens is 6. The van der Waals surface area contributed by atoms with Gasteiger partial charge >= 0.3 is 40.8 Å². The van der Waals surface area contributed by atoms with Gasteiger partial charge in [-0.1, -0.05) is 124 Å². The maximum absolute atomic E-state index is 6.74. The molecule has 0 atom stereocenters. The number of ether oxygens (including phenoxy) is 2. The first kappa shape index (κ1) is 43.5. The number of benzene rings is 4. The van der Waals surface area contributed by atoms with E-state index in [1.54, 1.807) is 0 Å². The van der Waals surface area contributed by atoms with E-state index in [-0.39, 0.29) is 40.8 Å². The monoisotopic (exact) mass is 960 g/mol. The summed E-state index contributed by atoms with van der Waals surface area (Å²) in [5.41, 5.74) is 11.7. The van der Waals surface area contributed by atoms with Crippen LogP contribution in [0.2, 0.25) is 0 Å². The number of pyridine rings is 2. The quantitative estimate of drug-likeness (QED) is 0.0942. The first-order chi connectivity index (χ1) is 27.5. The fourth-order valence-electron chi connectivity index (χ4n) is 7.29. The van der Waals surface area contributed by atoms with Crippen LogP contribution < -0.4 is 9.47 Å². The molecule has 4 aromatic heterocycles. The Morgan fingerprint density at radius 2 is 1.00 bits per heavy atom. The zero-order valence-electron chi connectivity index (χ0n) is 34.3. The van der Waals surface area contributed by atoms with Gasteiger partial charge in [-0.2, -0.15) is 22.9 Å². The van der Waals surface area contributed by atoms with Crippen molar-refractivity contribution in [3.63, 3.8) is 0 Å². The Hall–Kier alpha value is -5.09. The first-order valence-corrected chi connectivity index (χ1v) is 19.4. The molecule has 0 bridgehead atoms. The van der Waals surface area contributed by atoms with Crippen molar-refractivity contribution < 1.29 is 50.3 Å². The van der Waals surface area contributed by atoms with Crippen LogP contribution in [0.3, 0.4) is 0 Å². The van der Waals surface area contributed by atoms with Crippen LogP contribution in [0.5, 0.6) is 23.0 Å². The third-order valence-corrected chi connectivity index (χ3v) is 9.96. The van der Waals surface area contributed by atoms with Crippen molar-refractivity contribution in [1.82, 2.24) is 29.5 Å². The van der Waals surface area contributed by atoms with E-state index in [4.69, 9.17) is 9.47 Å². The summed E-state index contributed by atoms with van der Waals surface area (Å²) in [4.78, 5) is 22.5. The van der Waals surface area contributed by atoms with Crippen molar-refractivity contribution in [2.24, 2.45) is 11.8 Å².